The molecule has 0 bridgehead atoms. The number of hydrogen-bond donors (Lipinski definition) is 0. The molecule has 0 atom stereocenters. The molecular formula is C20H17Br. The van der Waals surface area contributed by atoms with Crippen LogP contribution in [0.2, 0.25) is 0 Å². The van der Waals surface area contributed by atoms with Crippen LogP contribution in [0, 0.1) is 0 Å². The Kier molecular flexibility index (Phi) is 4.52. The maximum absolute atomic E-state index is 3.50. The molecule has 0 radical (unpaired) electrons. The Labute approximate surface area is 134 Å². The highest BCUT2D eigenvalue weighted by atomic mass is 79.9. The van der Waals surface area contributed by atoms with E-state index in [0.29, 0.717) is 5.92 Å². The molecule has 3 aromatic carbocycles. The topological polar surface area (TPSA) is 0 Å². The minimum absolute atomic E-state index is 0.397. The van der Waals surface area contributed by atoms with Crippen LogP contribution in [0.15, 0.2) is 89.4 Å². The Morgan fingerprint density at radius 3 is 1.57 bits per heavy atom. The molecule has 0 nitrogen and oxygen atoms in total. The lowest BCUT2D eigenvalue weighted by Crippen LogP contribution is -2.05. The minimum Gasteiger partial charge on any atom is -0.0622 e. The van der Waals surface area contributed by atoms with Gasteiger partial charge in [-0.1, -0.05) is 88.7 Å². The molecule has 0 aliphatic heterocycles. The van der Waals surface area contributed by atoms with E-state index in [1.807, 2.05) is 0 Å². The Hall–Kier alpha value is -1.86. The molecule has 0 N–H and O–H groups in total. The molecule has 0 unspecified atom stereocenters. The quantitative estimate of drug-likeness (QED) is 0.562. The molecule has 0 fully saturated rings. The fourth-order valence-electron chi connectivity index (χ4n) is 2.66. The molecule has 21 heavy (non-hydrogen) atoms. The van der Waals surface area contributed by atoms with Crippen molar-refractivity contribution in [3.8, 4) is 0 Å². The second-order valence-corrected chi connectivity index (χ2v) is 6.12. The van der Waals surface area contributed by atoms with Gasteiger partial charge in [-0.25, -0.2) is 0 Å². The molecule has 0 spiro atoms. The van der Waals surface area contributed by atoms with Crippen molar-refractivity contribution >= 4 is 15.9 Å². The molecule has 0 saturated heterocycles. The van der Waals surface area contributed by atoms with Gasteiger partial charge in [-0.2, -0.15) is 0 Å². The van der Waals surface area contributed by atoms with Crippen molar-refractivity contribution in [2.75, 3.05) is 0 Å². The van der Waals surface area contributed by atoms with E-state index >= 15 is 0 Å². The molecule has 104 valence electrons. The van der Waals surface area contributed by atoms with Crippen LogP contribution in [-0.4, -0.2) is 0 Å². The number of benzene rings is 3. The maximum atomic E-state index is 3.50. The zero-order valence-electron chi connectivity index (χ0n) is 11.7. The summed E-state index contributed by atoms with van der Waals surface area (Å²) in [5.74, 6) is 0.397. The number of rotatable bonds is 4. The van der Waals surface area contributed by atoms with Gasteiger partial charge < -0.3 is 0 Å². The van der Waals surface area contributed by atoms with E-state index in [0.717, 1.165) is 10.9 Å². The zero-order valence-corrected chi connectivity index (χ0v) is 13.3. The van der Waals surface area contributed by atoms with Gasteiger partial charge in [0.25, 0.3) is 0 Å². The van der Waals surface area contributed by atoms with Crippen LogP contribution in [0.1, 0.15) is 22.6 Å². The first-order valence-electron chi connectivity index (χ1n) is 7.17. The zero-order chi connectivity index (χ0) is 14.5. The minimum atomic E-state index is 0.397. The summed E-state index contributed by atoms with van der Waals surface area (Å²) in [5, 5.41) is 0. The van der Waals surface area contributed by atoms with E-state index < -0.39 is 0 Å². The summed E-state index contributed by atoms with van der Waals surface area (Å²) < 4.78 is 1.13. The van der Waals surface area contributed by atoms with E-state index in [-0.39, 0.29) is 0 Å². The predicted octanol–water partition coefficient (Wildman–Crippen LogP) is 5.82. The SMILES string of the molecule is Brc1ccc(CC(c2ccccc2)c2ccccc2)cc1. The molecular weight excluding hydrogens is 320 g/mol. The van der Waals surface area contributed by atoms with Crippen LogP contribution in [0.4, 0.5) is 0 Å². The van der Waals surface area contributed by atoms with Crippen LogP contribution in [0.3, 0.4) is 0 Å². The molecule has 0 saturated carbocycles. The highest BCUT2D eigenvalue weighted by molar-refractivity contribution is 9.10. The molecule has 0 aliphatic rings. The van der Waals surface area contributed by atoms with Gasteiger partial charge in [0.2, 0.25) is 0 Å². The average molecular weight is 337 g/mol. The summed E-state index contributed by atoms with van der Waals surface area (Å²) in [6.45, 7) is 0. The van der Waals surface area contributed by atoms with E-state index in [2.05, 4.69) is 101 Å². The summed E-state index contributed by atoms with van der Waals surface area (Å²) in [6.07, 6.45) is 1.02. The molecule has 0 heterocycles. The molecule has 0 amide bonds. The average Bonchev–Trinajstić information content (AvgIpc) is 2.56. The van der Waals surface area contributed by atoms with Gasteiger partial charge in [0.15, 0.2) is 0 Å². The van der Waals surface area contributed by atoms with Crippen LogP contribution in [0.25, 0.3) is 0 Å². The van der Waals surface area contributed by atoms with Crippen LogP contribution in [-0.2, 0) is 6.42 Å². The first-order valence-corrected chi connectivity index (χ1v) is 7.96. The molecule has 1 heteroatoms. The summed E-state index contributed by atoms with van der Waals surface area (Å²) >= 11 is 3.50. The number of halogens is 1. The van der Waals surface area contributed by atoms with Crippen molar-refractivity contribution in [1.29, 1.82) is 0 Å². The monoisotopic (exact) mass is 336 g/mol. The van der Waals surface area contributed by atoms with E-state index in [4.69, 9.17) is 0 Å². The van der Waals surface area contributed by atoms with Crippen LogP contribution < -0.4 is 0 Å². The van der Waals surface area contributed by atoms with Gasteiger partial charge in [0, 0.05) is 10.4 Å². The second-order valence-electron chi connectivity index (χ2n) is 5.20. The smallest absolute Gasteiger partial charge is 0.0175 e. The van der Waals surface area contributed by atoms with E-state index in [1.165, 1.54) is 16.7 Å². The van der Waals surface area contributed by atoms with Crippen molar-refractivity contribution in [1.82, 2.24) is 0 Å². The lowest BCUT2D eigenvalue weighted by atomic mass is 9.86. The van der Waals surface area contributed by atoms with E-state index in [9.17, 15) is 0 Å². The first-order chi connectivity index (χ1) is 10.3. The van der Waals surface area contributed by atoms with Gasteiger partial charge in [0.1, 0.15) is 0 Å². The van der Waals surface area contributed by atoms with Crippen molar-refractivity contribution < 1.29 is 0 Å². The Balaban J connectivity index is 1.95. The Morgan fingerprint density at radius 2 is 1.10 bits per heavy atom. The van der Waals surface area contributed by atoms with Crippen molar-refractivity contribution in [2.24, 2.45) is 0 Å². The van der Waals surface area contributed by atoms with Gasteiger partial charge >= 0.3 is 0 Å². The normalized spacial score (nSPS) is 10.8. The van der Waals surface area contributed by atoms with Gasteiger partial charge in [-0.3, -0.25) is 0 Å². The van der Waals surface area contributed by atoms with Gasteiger partial charge in [-0.05, 0) is 35.2 Å². The largest absolute Gasteiger partial charge is 0.0622 e. The summed E-state index contributed by atoms with van der Waals surface area (Å²) in [6, 6.07) is 30.1. The van der Waals surface area contributed by atoms with Crippen LogP contribution in [0.5, 0.6) is 0 Å². The predicted molar refractivity (Wildman–Crippen MR) is 92.6 cm³/mol. The highest BCUT2D eigenvalue weighted by Crippen LogP contribution is 2.28. The Morgan fingerprint density at radius 1 is 0.619 bits per heavy atom. The maximum Gasteiger partial charge on any atom is 0.0175 e. The third-order valence-electron chi connectivity index (χ3n) is 3.76. The van der Waals surface area contributed by atoms with Gasteiger partial charge in [-0.15, -0.1) is 0 Å². The summed E-state index contributed by atoms with van der Waals surface area (Å²) in [4.78, 5) is 0. The Bertz CT molecular complexity index is 633. The third kappa shape index (κ3) is 3.62. The fraction of sp³-hybridized carbons (Fsp3) is 0.100. The second kappa shape index (κ2) is 6.73. The summed E-state index contributed by atoms with van der Waals surface area (Å²) in [7, 11) is 0. The van der Waals surface area contributed by atoms with Crippen molar-refractivity contribution in [3.05, 3.63) is 106 Å². The first kappa shape index (κ1) is 14.1. The van der Waals surface area contributed by atoms with Crippen molar-refractivity contribution in [2.45, 2.75) is 12.3 Å². The molecule has 0 aromatic heterocycles. The standard InChI is InChI=1S/C20H17Br/c21-19-13-11-16(12-14-19)15-20(17-7-3-1-4-8-17)18-9-5-2-6-10-18/h1-14,20H,15H2. The number of hydrogen-bond acceptors (Lipinski definition) is 0. The van der Waals surface area contributed by atoms with Crippen molar-refractivity contribution in [3.63, 3.8) is 0 Å². The lowest BCUT2D eigenvalue weighted by Gasteiger charge is -2.18. The lowest BCUT2D eigenvalue weighted by molar-refractivity contribution is 0.805. The highest BCUT2D eigenvalue weighted by Gasteiger charge is 2.14. The molecule has 0 aliphatic carbocycles. The molecule has 3 aromatic rings. The molecule has 3 rings (SSSR count). The summed E-state index contributed by atoms with van der Waals surface area (Å²) in [5.41, 5.74) is 4.09. The third-order valence-corrected chi connectivity index (χ3v) is 4.29. The van der Waals surface area contributed by atoms with Crippen LogP contribution >= 0.6 is 15.9 Å². The van der Waals surface area contributed by atoms with E-state index in [1.54, 1.807) is 0 Å². The van der Waals surface area contributed by atoms with Gasteiger partial charge in [0.05, 0.1) is 0 Å². The fourth-order valence-corrected chi connectivity index (χ4v) is 2.92.